The fourth-order valence-corrected chi connectivity index (χ4v) is 4.00. The summed E-state index contributed by atoms with van der Waals surface area (Å²) in [4.78, 5) is 27.6. The van der Waals surface area contributed by atoms with Crippen LogP contribution < -0.4 is 0 Å². The van der Waals surface area contributed by atoms with Gasteiger partial charge in [-0.15, -0.1) is 0 Å². The summed E-state index contributed by atoms with van der Waals surface area (Å²) in [7, 11) is 1.75. The number of rotatable bonds is 8. The van der Waals surface area contributed by atoms with E-state index in [2.05, 4.69) is 17.5 Å². The Bertz CT molecular complexity index is 766. The van der Waals surface area contributed by atoms with Gasteiger partial charge in [0.15, 0.2) is 5.78 Å². The lowest BCUT2D eigenvalue weighted by atomic mass is 9.93. The third-order valence-electron chi connectivity index (χ3n) is 5.39. The Morgan fingerprint density at radius 2 is 2.07 bits per heavy atom. The highest BCUT2D eigenvalue weighted by Crippen LogP contribution is 2.39. The summed E-state index contributed by atoms with van der Waals surface area (Å²) in [5.41, 5.74) is 1.50. The number of nitrogens with zero attached hydrogens (tertiary/aromatic N) is 2. The van der Waals surface area contributed by atoms with Crippen LogP contribution in [0.4, 0.5) is 4.39 Å². The lowest BCUT2D eigenvalue weighted by Crippen LogP contribution is -2.43. The molecule has 2 fully saturated rings. The minimum Gasteiger partial charge on any atom is -0.480 e. The average molecular weight is 407 g/mol. The van der Waals surface area contributed by atoms with Crippen molar-refractivity contribution in [2.75, 3.05) is 33.2 Å². The fraction of sp³-hybridized carbons (Fsp3) is 0.524. The largest absolute Gasteiger partial charge is 0.480 e. The van der Waals surface area contributed by atoms with Gasteiger partial charge in [0.1, 0.15) is 5.82 Å². The topological polar surface area (TPSA) is 60.9 Å². The first kappa shape index (κ1) is 21.0. The van der Waals surface area contributed by atoms with Gasteiger partial charge >= 0.3 is 5.97 Å². The van der Waals surface area contributed by atoms with Crippen LogP contribution in [0.1, 0.15) is 30.9 Å². The minimum absolute atomic E-state index is 0.0347. The van der Waals surface area contributed by atoms with E-state index in [1.807, 2.05) is 6.08 Å². The second kappa shape index (κ2) is 9.20. The highest BCUT2D eigenvalue weighted by Gasteiger charge is 2.40. The maximum absolute atomic E-state index is 14.5. The Hall–Kier alpha value is -1.70. The fourth-order valence-electron chi connectivity index (χ4n) is 3.70. The number of carbonyl (C=O) groups excluding carboxylic acids is 1. The number of piperidine rings is 1. The molecule has 1 aliphatic carbocycles. The van der Waals surface area contributed by atoms with Crippen LogP contribution in [0.5, 0.6) is 0 Å². The van der Waals surface area contributed by atoms with Crippen molar-refractivity contribution in [3.05, 3.63) is 47.3 Å². The lowest BCUT2D eigenvalue weighted by Gasteiger charge is -2.38. The standard InChI is InChI=1S/C21H27FN2O3S/c1-23(13-19(25)26)10-8-15-12-24(11-9-18(15)28)20(21(27)14-6-7-14)16-4-2-3-5-17(16)22/h2-5,8,14,18,20,28H,6-7,9-13H2,1H3,(H,25,26)/b15-8+. The third-order valence-corrected chi connectivity index (χ3v) is 5.98. The Morgan fingerprint density at radius 3 is 2.71 bits per heavy atom. The predicted molar refractivity (Wildman–Crippen MR) is 109 cm³/mol. The first-order valence-corrected chi connectivity index (χ1v) is 10.2. The van der Waals surface area contributed by atoms with Crippen LogP contribution in [0.3, 0.4) is 0 Å². The summed E-state index contributed by atoms with van der Waals surface area (Å²) in [6, 6.07) is 5.95. The zero-order chi connectivity index (χ0) is 20.3. The number of Topliss-reactive ketones (excluding diaryl/α,β-unsaturated/α-hetero) is 1. The highest BCUT2D eigenvalue weighted by atomic mass is 32.1. The molecule has 2 atom stereocenters. The van der Waals surface area contributed by atoms with Crippen molar-refractivity contribution in [1.82, 2.24) is 9.80 Å². The van der Waals surface area contributed by atoms with Gasteiger partial charge in [0, 0.05) is 36.4 Å². The van der Waals surface area contributed by atoms with Crippen molar-refractivity contribution in [2.24, 2.45) is 5.92 Å². The van der Waals surface area contributed by atoms with Crippen molar-refractivity contribution < 1.29 is 19.1 Å². The summed E-state index contributed by atoms with van der Waals surface area (Å²) in [6.07, 6.45) is 4.53. The minimum atomic E-state index is -0.872. The predicted octanol–water partition coefficient (Wildman–Crippen LogP) is 2.79. The van der Waals surface area contributed by atoms with Crippen LogP contribution in [-0.4, -0.2) is 65.1 Å². The molecule has 7 heteroatoms. The number of halogens is 1. The Kier molecular flexibility index (Phi) is 6.91. The number of carbonyl (C=O) groups is 2. The number of carboxylic acid groups (broad SMARTS) is 1. The van der Waals surface area contributed by atoms with E-state index in [0.717, 1.165) is 24.8 Å². The Labute approximate surface area is 170 Å². The summed E-state index contributed by atoms with van der Waals surface area (Å²) in [6.45, 7) is 1.66. The molecule has 0 bridgehead atoms. The van der Waals surface area contributed by atoms with Crippen LogP contribution in [0, 0.1) is 11.7 Å². The summed E-state index contributed by atoms with van der Waals surface area (Å²) < 4.78 is 14.5. The first-order chi connectivity index (χ1) is 13.4. The molecule has 2 unspecified atom stereocenters. The zero-order valence-corrected chi connectivity index (χ0v) is 16.9. The van der Waals surface area contributed by atoms with Gasteiger partial charge in [0.05, 0.1) is 12.6 Å². The van der Waals surface area contributed by atoms with E-state index in [0.29, 0.717) is 25.2 Å². The van der Waals surface area contributed by atoms with E-state index in [9.17, 15) is 14.0 Å². The van der Waals surface area contributed by atoms with Crippen molar-refractivity contribution >= 4 is 24.4 Å². The molecule has 1 saturated heterocycles. The monoisotopic (exact) mass is 406 g/mol. The van der Waals surface area contributed by atoms with E-state index in [4.69, 9.17) is 5.11 Å². The number of hydrogen-bond donors (Lipinski definition) is 2. The molecule has 1 heterocycles. The average Bonchev–Trinajstić information content (AvgIpc) is 3.48. The smallest absolute Gasteiger partial charge is 0.317 e. The molecular weight excluding hydrogens is 379 g/mol. The summed E-state index contributed by atoms with van der Waals surface area (Å²) >= 11 is 4.66. The maximum Gasteiger partial charge on any atom is 0.317 e. The van der Waals surface area contributed by atoms with E-state index in [1.54, 1.807) is 30.1 Å². The molecule has 0 spiro atoms. The number of carboxylic acids is 1. The molecule has 0 amide bonds. The van der Waals surface area contributed by atoms with Crippen molar-refractivity contribution in [3.63, 3.8) is 0 Å². The number of likely N-dealkylation sites (tertiary alicyclic amines) is 1. The quantitative estimate of drug-likeness (QED) is 0.514. The van der Waals surface area contributed by atoms with Gasteiger partial charge in [0.25, 0.3) is 0 Å². The van der Waals surface area contributed by atoms with E-state index in [1.165, 1.54) is 6.07 Å². The molecule has 1 aromatic carbocycles. The second-order valence-corrected chi connectivity index (χ2v) is 8.37. The molecule has 3 rings (SSSR count). The number of hydrogen-bond acceptors (Lipinski definition) is 5. The molecule has 152 valence electrons. The molecule has 1 aliphatic heterocycles. The van der Waals surface area contributed by atoms with E-state index >= 15 is 0 Å². The Balaban J connectivity index is 1.79. The first-order valence-electron chi connectivity index (χ1n) is 9.66. The van der Waals surface area contributed by atoms with E-state index < -0.39 is 12.0 Å². The highest BCUT2D eigenvalue weighted by molar-refractivity contribution is 7.81. The van der Waals surface area contributed by atoms with Crippen LogP contribution in [0.25, 0.3) is 0 Å². The number of thiol groups is 1. The molecule has 2 aliphatic rings. The maximum atomic E-state index is 14.5. The van der Waals surface area contributed by atoms with Crippen molar-refractivity contribution in [2.45, 2.75) is 30.6 Å². The molecule has 0 aromatic heterocycles. The molecule has 1 saturated carbocycles. The molecule has 0 radical (unpaired) electrons. The normalized spacial score (nSPS) is 23.1. The van der Waals surface area contributed by atoms with Gasteiger partial charge in [-0.25, -0.2) is 4.39 Å². The summed E-state index contributed by atoms with van der Waals surface area (Å²) in [5.74, 6) is -1.08. The summed E-state index contributed by atoms with van der Waals surface area (Å²) in [5, 5.41) is 8.96. The third kappa shape index (κ3) is 5.21. The van der Waals surface area contributed by atoms with Crippen molar-refractivity contribution in [1.29, 1.82) is 0 Å². The molecule has 1 N–H and O–H groups in total. The van der Waals surface area contributed by atoms with Crippen LogP contribution in [0.2, 0.25) is 0 Å². The van der Waals surface area contributed by atoms with E-state index in [-0.39, 0.29) is 29.3 Å². The van der Waals surface area contributed by atoms with Gasteiger partial charge in [-0.3, -0.25) is 19.4 Å². The van der Waals surface area contributed by atoms with Gasteiger partial charge in [-0.05, 0) is 37.9 Å². The van der Waals surface area contributed by atoms with Crippen LogP contribution >= 0.6 is 12.6 Å². The second-order valence-electron chi connectivity index (χ2n) is 7.75. The molecule has 1 aromatic rings. The number of ketones is 1. The number of aliphatic carboxylic acids is 1. The zero-order valence-electron chi connectivity index (χ0n) is 16.1. The van der Waals surface area contributed by atoms with Crippen LogP contribution in [0.15, 0.2) is 35.9 Å². The number of benzene rings is 1. The van der Waals surface area contributed by atoms with Gasteiger partial charge in [-0.2, -0.15) is 12.6 Å². The number of likely N-dealkylation sites (N-methyl/N-ethyl adjacent to an activating group) is 1. The SMILES string of the molecule is CN(C/C=C1\CN(C(C(=O)C2CC2)c2ccccc2F)CCC1S)CC(=O)O. The van der Waals surface area contributed by atoms with Gasteiger partial charge in [0.2, 0.25) is 0 Å². The molecule has 28 heavy (non-hydrogen) atoms. The van der Waals surface area contributed by atoms with Crippen molar-refractivity contribution in [3.8, 4) is 0 Å². The van der Waals surface area contributed by atoms with Gasteiger partial charge in [-0.1, -0.05) is 24.3 Å². The van der Waals surface area contributed by atoms with Gasteiger partial charge < -0.3 is 5.11 Å². The Morgan fingerprint density at radius 1 is 1.36 bits per heavy atom. The van der Waals surface area contributed by atoms with Crippen LogP contribution in [-0.2, 0) is 9.59 Å². The lowest BCUT2D eigenvalue weighted by molar-refractivity contribution is -0.137. The molecular formula is C21H27FN2O3S. The molecule has 5 nitrogen and oxygen atoms in total.